The highest BCUT2D eigenvalue weighted by atomic mass is 16.6. The zero-order valence-corrected chi connectivity index (χ0v) is 18.9. The van der Waals surface area contributed by atoms with Gasteiger partial charge >= 0.3 is 0 Å². The number of fused-ring (bicyclic) bond motifs is 5. The quantitative estimate of drug-likeness (QED) is 0.500. The molecule has 4 heteroatoms. The Hall–Kier alpha value is -0.870. The minimum Gasteiger partial charge on any atom is -0.393 e. The van der Waals surface area contributed by atoms with E-state index in [0.29, 0.717) is 23.2 Å². The van der Waals surface area contributed by atoms with Gasteiger partial charge in [-0.1, -0.05) is 32.4 Å². The molecule has 7 unspecified atom stereocenters. The highest BCUT2D eigenvalue weighted by Crippen LogP contribution is 2.67. The molecule has 164 valence electrons. The minimum atomic E-state index is -0.119. The number of hydrogen-bond donors (Lipinski definition) is 2. The van der Waals surface area contributed by atoms with E-state index >= 15 is 0 Å². The van der Waals surface area contributed by atoms with Crippen molar-refractivity contribution in [1.29, 1.82) is 0 Å². The lowest BCUT2D eigenvalue weighted by molar-refractivity contribution is -0.131. The molecule has 8 atom stereocenters. The standard InChI is InChI=1S/C25H41NO3/c1-16(5-10-23(28)26-29-4)20-8-9-21-19-7-6-17-15-18(27)11-13-24(17,2)22(19)12-14-25(20,21)3/h6,16,18-22,27H,5,7-15H2,1-4H3,(H,26,28)/t16?,18-,19?,20?,21?,22?,24?,25?/m0/s1. The molecule has 0 aromatic heterocycles. The van der Waals surface area contributed by atoms with Crippen LogP contribution in [0.2, 0.25) is 0 Å². The van der Waals surface area contributed by atoms with Gasteiger partial charge in [-0.2, -0.15) is 0 Å². The van der Waals surface area contributed by atoms with Gasteiger partial charge < -0.3 is 5.11 Å². The molecule has 0 saturated heterocycles. The molecule has 0 aromatic carbocycles. The Kier molecular flexibility index (Phi) is 5.89. The maximum absolute atomic E-state index is 11.8. The summed E-state index contributed by atoms with van der Waals surface area (Å²) in [6, 6.07) is 0. The van der Waals surface area contributed by atoms with Crippen LogP contribution in [0, 0.1) is 40.4 Å². The summed E-state index contributed by atoms with van der Waals surface area (Å²) in [7, 11) is 1.50. The maximum Gasteiger partial charge on any atom is 0.243 e. The summed E-state index contributed by atoms with van der Waals surface area (Å²) >= 11 is 0. The molecule has 0 heterocycles. The summed E-state index contributed by atoms with van der Waals surface area (Å²) in [6.07, 6.45) is 13.6. The fraction of sp³-hybridized carbons (Fsp3) is 0.880. The monoisotopic (exact) mass is 403 g/mol. The fourth-order valence-corrected chi connectivity index (χ4v) is 8.34. The average Bonchev–Trinajstić information content (AvgIpc) is 3.04. The zero-order chi connectivity index (χ0) is 20.8. The van der Waals surface area contributed by atoms with E-state index in [4.69, 9.17) is 4.84 Å². The number of carbonyl (C=O) groups is 1. The first-order valence-corrected chi connectivity index (χ1v) is 12.0. The number of hydrogen-bond acceptors (Lipinski definition) is 3. The SMILES string of the molecule is CONC(=O)CCC(C)C1CCC2C3CC=C4C[C@@H](O)CCC4(C)C3CCC12C. The third-order valence-corrected chi connectivity index (χ3v) is 9.88. The highest BCUT2D eigenvalue weighted by Gasteiger charge is 2.59. The topological polar surface area (TPSA) is 58.6 Å². The van der Waals surface area contributed by atoms with Crippen LogP contribution in [-0.4, -0.2) is 24.2 Å². The molecule has 4 aliphatic rings. The second kappa shape index (κ2) is 8.00. The van der Waals surface area contributed by atoms with Gasteiger partial charge in [-0.15, -0.1) is 0 Å². The first-order chi connectivity index (χ1) is 13.8. The molecule has 2 N–H and O–H groups in total. The van der Waals surface area contributed by atoms with Crippen molar-refractivity contribution >= 4 is 5.91 Å². The third kappa shape index (κ3) is 3.59. The van der Waals surface area contributed by atoms with Gasteiger partial charge in [-0.25, -0.2) is 5.48 Å². The number of nitrogens with one attached hydrogen (secondary N) is 1. The predicted molar refractivity (Wildman–Crippen MR) is 115 cm³/mol. The van der Waals surface area contributed by atoms with Gasteiger partial charge in [-0.3, -0.25) is 9.63 Å². The fourth-order valence-electron chi connectivity index (χ4n) is 8.34. The van der Waals surface area contributed by atoms with E-state index in [-0.39, 0.29) is 12.0 Å². The molecule has 4 aliphatic carbocycles. The van der Waals surface area contributed by atoms with Crippen molar-refractivity contribution < 1.29 is 14.7 Å². The van der Waals surface area contributed by atoms with Crippen molar-refractivity contribution in [3.8, 4) is 0 Å². The summed E-state index contributed by atoms with van der Waals surface area (Å²) in [5.41, 5.74) is 4.78. The third-order valence-electron chi connectivity index (χ3n) is 9.88. The molecule has 29 heavy (non-hydrogen) atoms. The Morgan fingerprint density at radius 3 is 2.79 bits per heavy atom. The van der Waals surface area contributed by atoms with E-state index in [2.05, 4.69) is 32.3 Å². The zero-order valence-electron chi connectivity index (χ0n) is 18.9. The van der Waals surface area contributed by atoms with Gasteiger partial charge in [0, 0.05) is 6.42 Å². The van der Waals surface area contributed by atoms with Crippen LogP contribution in [0.15, 0.2) is 11.6 Å². The van der Waals surface area contributed by atoms with Crippen LogP contribution in [0.5, 0.6) is 0 Å². The molecule has 0 radical (unpaired) electrons. The number of aliphatic hydroxyl groups excluding tert-OH is 1. The lowest BCUT2D eigenvalue weighted by atomic mass is 9.47. The summed E-state index contributed by atoms with van der Waals surface area (Å²) in [5, 5.41) is 10.2. The number of hydroxylamine groups is 1. The van der Waals surface area contributed by atoms with Gasteiger partial charge in [0.1, 0.15) is 0 Å². The number of amides is 1. The normalized spacial score (nSPS) is 44.9. The van der Waals surface area contributed by atoms with Crippen molar-refractivity contribution in [2.24, 2.45) is 40.4 Å². The average molecular weight is 404 g/mol. The molecule has 0 spiro atoms. The molecule has 4 nitrogen and oxygen atoms in total. The van der Waals surface area contributed by atoms with Crippen LogP contribution in [-0.2, 0) is 9.63 Å². The van der Waals surface area contributed by atoms with Gasteiger partial charge in [0.05, 0.1) is 13.2 Å². The van der Waals surface area contributed by atoms with E-state index in [1.54, 1.807) is 5.57 Å². The van der Waals surface area contributed by atoms with Gasteiger partial charge in [0.2, 0.25) is 5.91 Å². The second-order valence-corrected chi connectivity index (χ2v) is 11.1. The number of aliphatic hydroxyl groups is 1. The predicted octanol–water partition coefficient (Wildman–Crippen LogP) is 5.02. The molecular weight excluding hydrogens is 362 g/mol. The Morgan fingerprint density at radius 1 is 1.24 bits per heavy atom. The van der Waals surface area contributed by atoms with Crippen LogP contribution in [0.3, 0.4) is 0 Å². The Labute approximate surface area is 176 Å². The summed E-state index contributed by atoms with van der Waals surface area (Å²) in [4.78, 5) is 16.6. The van der Waals surface area contributed by atoms with Crippen LogP contribution in [0.25, 0.3) is 0 Å². The first kappa shape index (κ1) is 21.4. The summed E-state index contributed by atoms with van der Waals surface area (Å²) in [6.45, 7) is 7.45. The van der Waals surface area contributed by atoms with E-state index in [9.17, 15) is 9.90 Å². The molecule has 3 saturated carbocycles. The summed E-state index contributed by atoms with van der Waals surface area (Å²) in [5.74, 6) is 3.75. The Bertz CT molecular complexity index is 660. The maximum atomic E-state index is 11.8. The van der Waals surface area contributed by atoms with E-state index < -0.39 is 0 Å². The molecule has 1 amide bonds. The van der Waals surface area contributed by atoms with E-state index in [1.807, 2.05) is 0 Å². The Morgan fingerprint density at radius 2 is 2.03 bits per heavy atom. The molecular formula is C25H41NO3. The van der Waals surface area contributed by atoms with E-state index in [0.717, 1.165) is 42.9 Å². The molecule has 0 bridgehead atoms. The molecule has 0 aliphatic heterocycles. The number of rotatable bonds is 5. The van der Waals surface area contributed by atoms with Crippen molar-refractivity contribution in [3.63, 3.8) is 0 Å². The molecule has 0 aromatic rings. The van der Waals surface area contributed by atoms with Gasteiger partial charge in [0.15, 0.2) is 0 Å². The second-order valence-electron chi connectivity index (χ2n) is 11.1. The van der Waals surface area contributed by atoms with Crippen LogP contribution < -0.4 is 5.48 Å². The number of carbonyl (C=O) groups excluding carboxylic acids is 1. The van der Waals surface area contributed by atoms with Gasteiger partial charge in [0.25, 0.3) is 0 Å². The lowest BCUT2D eigenvalue weighted by Gasteiger charge is -2.58. The van der Waals surface area contributed by atoms with Crippen LogP contribution in [0.4, 0.5) is 0 Å². The van der Waals surface area contributed by atoms with Crippen LogP contribution >= 0.6 is 0 Å². The van der Waals surface area contributed by atoms with Gasteiger partial charge in [-0.05, 0) is 98.2 Å². The van der Waals surface area contributed by atoms with Crippen molar-refractivity contribution in [3.05, 3.63) is 11.6 Å². The van der Waals surface area contributed by atoms with Crippen molar-refractivity contribution in [1.82, 2.24) is 5.48 Å². The number of allylic oxidation sites excluding steroid dienone is 1. The Balaban J connectivity index is 1.48. The van der Waals surface area contributed by atoms with Crippen molar-refractivity contribution in [2.75, 3.05) is 7.11 Å². The first-order valence-electron chi connectivity index (χ1n) is 12.0. The minimum absolute atomic E-state index is 0.000108. The van der Waals surface area contributed by atoms with E-state index in [1.165, 1.54) is 45.6 Å². The van der Waals surface area contributed by atoms with Crippen molar-refractivity contribution in [2.45, 2.75) is 91.1 Å². The lowest BCUT2D eigenvalue weighted by Crippen LogP contribution is -2.50. The molecule has 3 fully saturated rings. The largest absolute Gasteiger partial charge is 0.393 e. The smallest absolute Gasteiger partial charge is 0.243 e. The van der Waals surface area contributed by atoms with Crippen LogP contribution in [0.1, 0.15) is 85.0 Å². The molecule has 4 rings (SSSR count). The summed E-state index contributed by atoms with van der Waals surface area (Å²) < 4.78 is 0. The highest BCUT2D eigenvalue weighted by molar-refractivity contribution is 5.74.